The van der Waals surface area contributed by atoms with Gasteiger partial charge in [-0.3, -0.25) is 0 Å². The molecule has 5 nitrogen and oxygen atoms in total. The van der Waals surface area contributed by atoms with Crippen LogP contribution in [0.4, 0.5) is 0 Å². The highest BCUT2D eigenvalue weighted by molar-refractivity contribution is 5.21. The van der Waals surface area contributed by atoms with Crippen LogP contribution in [0.2, 0.25) is 0 Å². The third-order valence-corrected chi connectivity index (χ3v) is 3.09. The average molecular weight is 251 g/mol. The fourth-order valence-electron chi connectivity index (χ4n) is 2.17. The Labute approximate surface area is 108 Å². The van der Waals surface area contributed by atoms with Crippen LogP contribution in [0.25, 0.3) is 0 Å². The molecule has 1 aliphatic carbocycles. The first kappa shape index (κ1) is 13.1. The SMILES string of the molecule is CCOc1cc(OC2CCC(N)CC2)nc(C)n1. The van der Waals surface area contributed by atoms with Gasteiger partial charge in [0, 0.05) is 6.04 Å². The van der Waals surface area contributed by atoms with Gasteiger partial charge in [-0.25, -0.2) is 0 Å². The van der Waals surface area contributed by atoms with Gasteiger partial charge in [-0.2, -0.15) is 9.97 Å². The fraction of sp³-hybridized carbons (Fsp3) is 0.692. The molecule has 1 fully saturated rings. The van der Waals surface area contributed by atoms with Gasteiger partial charge in [0.2, 0.25) is 11.8 Å². The summed E-state index contributed by atoms with van der Waals surface area (Å²) in [5, 5.41) is 0. The van der Waals surface area contributed by atoms with Gasteiger partial charge in [0.15, 0.2) is 0 Å². The van der Waals surface area contributed by atoms with E-state index in [0.29, 0.717) is 30.2 Å². The quantitative estimate of drug-likeness (QED) is 0.884. The highest BCUT2D eigenvalue weighted by Gasteiger charge is 2.20. The van der Waals surface area contributed by atoms with Crippen molar-refractivity contribution in [1.82, 2.24) is 9.97 Å². The number of rotatable bonds is 4. The van der Waals surface area contributed by atoms with E-state index in [9.17, 15) is 0 Å². The molecule has 2 N–H and O–H groups in total. The molecule has 0 amide bonds. The van der Waals surface area contributed by atoms with Crippen LogP contribution >= 0.6 is 0 Å². The van der Waals surface area contributed by atoms with Crippen molar-refractivity contribution < 1.29 is 9.47 Å². The highest BCUT2D eigenvalue weighted by Crippen LogP contribution is 2.23. The van der Waals surface area contributed by atoms with Crippen LogP contribution in [0.5, 0.6) is 11.8 Å². The molecule has 1 aromatic rings. The van der Waals surface area contributed by atoms with E-state index in [2.05, 4.69) is 9.97 Å². The topological polar surface area (TPSA) is 70.3 Å². The lowest BCUT2D eigenvalue weighted by Crippen LogP contribution is -2.31. The molecule has 0 atom stereocenters. The average Bonchev–Trinajstić information content (AvgIpc) is 2.32. The normalized spacial score (nSPS) is 23.7. The summed E-state index contributed by atoms with van der Waals surface area (Å²) in [7, 11) is 0. The predicted octanol–water partition coefficient (Wildman–Crippen LogP) is 1.83. The zero-order valence-electron chi connectivity index (χ0n) is 11.1. The summed E-state index contributed by atoms with van der Waals surface area (Å²) in [4.78, 5) is 8.48. The number of aromatic nitrogens is 2. The molecule has 2 rings (SSSR count). The molecule has 18 heavy (non-hydrogen) atoms. The summed E-state index contributed by atoms with van der Waals surface area (Å²) in [5.74, 6) is 1.85. The lowest BCUT2D eigenvalue weighted by Gasteiger charge is -2.26. The number of ether oxygens (including phenoxy) is 2. The van der Waals surface area contributed by atoms with E-state index in [1.165, 1.54) is 0 Å². The third kappa shape index (κ3) is 3.57. The van der Waals surface area contributed by atoms with Gasteiger partial charge >= 0.3 is 0 Å². The minimum absolute atomic E-state index is 0.216. The zero-order chi connectivity index (χ0) is 13.0. The van der Waals surface area contributed by atoms with Crippen molar-refractivity contribution in [3.05, 3.63) is 11.9 Å². The van der Waals surface area contributed by atoms with Gasteiger partial charge in [-0.05, 0) is 39.5 Å². The van der Waals surface area contributed by atoms with Gasteiger partial charge < -0.3 is 15.2 Å². The molecule has 0 spiro atoms. The molecule has 1 saturated carbocycles. The van der Waals surface area contributed by atoms with Crippen molar-refractivity contribution >= 4 is 0 Å². The molecule has 100 valence electrons. The van der Waals surface area contributed by atoms with Crippen molar-refractivity contribution in [2.45, 2.75) is 51.7 Å². The second kappa shape index (κ2) is 6.00. The van der Waals surface area contributed by atoms with E-state index in [4.69, 9.17) is 15.2 Å². The Morgan fingerprint density at radius 2 is 1.89 bits per heavy atom. The molecule has 0 aliphatic heterocycles. The zero-order valence-corrected chi connectivity index (χ0v) is 11.1. The molecule has 1 heterocycles. The van der Waals surface area contributed by atoms with Gasteiger partial charge in [0.05, 0.1) is 12.7 Å². The largest absolute Gasteiger partial charge is 0.478 e. The van der Waals surface area contributed by atoms with Crippen LogP contribution < -0.4 is 15.2 Å². The number of aryl methyl sites for hydroxylation is 1. The first-order chi connectivity index (χ1) is 8.67. The molecule has 0 unspecified atom stereocenters. The first-order valence-corrected chi connectivity index (χ1v) is 6.58. The molecular formula is C13H21N3O2. The van der Waals surface area contributed by atoms with Crippen LogP contribution in [-0.4, -0.2) is 28.7 Å². The number of nitrogens with zero attached hydrogens (tertiary/aromatic N) is 2. The summed E-state index contributed by atoms with van der Waals surface area (Å²) >= 11 is 0. The number of nitrogens with two attached hydrogens (primary N) is 1. The standard InChI is InChI=1S/C13H21N3O2/c1-3-17-12-8-13(16-9(2)15-12)18-11-6-4-10(14)5-7-11/h8,10-11H,3-7,14H2,1-2H3. The van der Waals surface area contributed by atoms with Gasteiger partial charge in [0.1, 0.15) is 11.9 Å². The number of hydrogen-bond acceptors (Lipinski definition) is 5. The summed E-state index contributed by atoms with van der Waals surface area (Å²) in [6.07, 6.45) is 4.25. The number of hydrogen-bond donors (Lipinski definition) is 1. The van der Waals surface area contributed by atoms with Crippen LogP contribution in [0.1, 0.15) is 38.4 Å². The van der Waals surface area contributed by atoms with Gasteiger partial charge in [-0.15, -0.1) is 0 Å². The first-order valence-electron chi connectivity index (χ1n) is 6.58. The maximum atomic E-state index is 5.88. The van der Waals surface area contributed by atoms with E-state index in [1.54, 1.807) is 6.07 Å². The lowest BCUT2D eigenvalue weighted by atomic mass is 9.94. The van der Waals surface area contributed by atoms with Crippen molar-refractivity contribution in [3.63, 3.8) is 0 Å². The molecular weight excluding hydrogens is 230 g/mol. The Bertz CT molecular complexity index is 390. The molecule has 0 bridgehead atoms. The van der Waals surface area contributed by atoms with E-state index < -0.39 is 0 Å². The van der Waals surface area contributed by atoms with Crippen molar-refractivity contribution in [2.75, 3.05) is 6.61 Å². The minimum atomic E-state index is 0.216. The van der Waals surface area contributed by atoms with Crippen LogP contribution in [0, 0.1) is 6.92 Å². The Morgan fingerprint density at radius 3 is 2.56 bits per heavy atom. The van der Waals surface area contributed by atoms with Crippen LogP contribution in [-0.2, 0) is 0 Å². The molecule has 0 aromatic carbocycles. The molecule has 1 aromatic heterocycles. The summed E-state index contributed by atoms with van der Waals surface area (Å²) in [6, 6.07) is 2.08. The van der Waals surface area contributed by atoms with E-state index >= 15 is 0 Å². The maximum Gasteiger partial charge on any atom is 0.220 e. The Kier molecular flexibility index (Phi) is 4.36. The van der Waals surface area contributed by atoms with Crippen molar-refractivity contribution in [3.8, 4) is 11.8 Å². The monoisotopic (exact) mass is 251 g/mol. The van der Waals surface area contributed by atoms with Crippen molar-refractivity contribution in [2.24, 2.45) is 5.73 Å². The third-order valence-electron chi connectivity index (χ3n) is 3.09. The Morgan fingerprint density at radius 1 is 1.22 bits per heavy atom. The molecule has 0 radical (unpaired) electrons. The minimum Gasteiger partial charge on any atom is -0.478 e. The Balaban J connectivity index is 2.00. The van der Waals surface area contributed by atoms with Gasteiger partial charge in [-0.1, -0.05) is 0 Å². The van der Waals surface area contributed by atoms with Crippen molar-refractivity contribution in [1.29, 1.82) is 0 Å². The van der Waals surface area contributed by atoms with E-state index in [1.807, 2.05) is 13.8 Å². The maximum absolute atomic E-state index is 5.88. The summed E-state index contributed by atoms with van der Waals surface area (Å²) in [6.45, 7) is 4.36. The van der Waals surface area contributed by atoms with E-state index in [0.717, 1.165) is 25.7 Å². The predicted molar refractivity (Wildman–Crippen MR) is 68.8 cm³/mol. The van der Waals surface area contributed by atoms with Gasteiger partial charge in [0.25, 0.3) is 0 Å². The Hall–Kier alpha value is -1.36. The fourth-order valence-corrected chi connectivity index (χ4v) is 2.17. The van der Waals surface area contributed by atoms with Crippen LogP contribution in [0.3, 0.4) is 0 Å². The molecule has 1 aliphatic rings. The smallest absolute Gasteiger partial charge is 0.220 e. The lowest BCUT2D eigenvalue weighted by molar-refractivity contribution is 0.140. The second-order valence-corrected chi connectivity index (χ2v) is 4.68. The summed E-state index contributed by atoms with van der Waals surface area (Å²) in [5.41, 5.74) is 5.88. The summed E-state index contributed by atoms with van der Waals surface area (Å²) < 4.78 is 11.3. The second-order valence-electron chi connectivity index (χ2n) is 4.68. The van der Waals surface area contributed by atoms with E-state index in [-0.39, 0.29) is 6.10 Å². The molecule has 0 saturated heterocycles. The highest BCUT2D eigenvalue weighted by atomic mass is 16.5. The van der Waals surface area contributed by atoms with Crippen LogP contribution in [0.15, 0.2) is 6.07 Å². The molecule has 5 heteroatoms.